The van der Waals surface area contributed by atoms with Crippen molar-refractivity contribution < 1.29 is 0 Å². The average molecular weight is 286 g/mol. The monoisotopic (exact) mass is 286 g/mol. The number of nitrogens with two attached hydrogens (primary N) is 1. The summed E-state index contributed by atoms with van der Waals surface area (Å²) in [4.78, 5) is 9.43. The Labute approximate surface area is 127 Å². The number of nitrogens with zero attached hydrogens (tertiary/aromatic N) is 3. The number of aromatic nitrogens is 1. The summed E-state index contributed by atoms with van der Waals surface area (Å²) in [5.74, 6) is 1.04. The van der Waals surface area contributed by atoms with Crippen molar-refractivity contribution in [2.24, 2.45) is 5.73 Å². The number of hydrogen-bond donors (Lipinski definition) is 1. The van der Waals surface area contributed by atoms with E-state index in [2.05, 4.69) is 49.0 Å². The third-order valence-electron chi connectivity index (χ3n) is 3.61. The maximum absolute atomic E-state index is 5.95. The largest absolute Gasteiger partial charge is 0.355 e. The summed E-state index contributed by atoms with van der Waals surface area (Å²) >= 11 is 0. The first-order valence-corrected chi connectivity index (χ1v) is 7.64. The molecule has 1 aromatic carbocycles. The van der Waals surface area contributed by atoms with E-state index < -0.39 is 0 Å². The van der Waals surface area contributed by atoms with Crippen molar-refractivity contribution >= 4 is 16.7 Å². The molecule has 4 heteroatoms. The third kappa shape index (κ3) is 3.93. The molecule has 0 radical (unpaired) electrons. The van der Waals surface area contributed by atoms with Crippen molar-refractivity contribution in [1.29, 1.82) is 0 Å². The Morgan fingerprint density at radius 2 is 1.86 bits per heavy atom. The molecule has 1 heterocycles. The van der Waals surface area contributed by atoms with Crippen LogP contribution >= 0.6 is 0 Å². The summed E-state index contributed by atoms with van der Waals surface area (Å²) in [6, 6.07) is 10.4. The molecule has 2 N–H and O–H groups in total. The fraction of sp³-hybridized carbons (Fsp3) is 0.471. The van der Waals surface area contributed by atoms with Crippen LogP contribution in [0, 0.1) is 0 Å². The number of para-hydroxylation sites is 1. The first kappa shape index (κ1) is 15.7. The molecular weight excluding hydrogens is 260 g/mol. The van der Waals surface area contributed by atoms with Crippen LogP contribution in [0.4, 0.5) is 5.82 Å². The van der Waals surface area contributed by atoms with Gasteiger partial charge in [-0.1, -0.05) is 25.1 Å². The first-order valence-electron chi connectivity index (χ1n) is 7.64. The van der Waals surface area contributed by atoms with Crippen LogP contribution in [0.25, 0.3) is 10.9 Å². The lowest BCUT2D eigenvalue weighted by atomic mass is 10.1. The molecule has 4 nitrogen and oxygen atoms in total. The Balaban J connectivity index is 2.39. The molecule has 0 saturated heterocycles. The van der Waals surface area contributed by atoms with Crippen molar-refractivity contribution in [3.8, 4) is 0 Å². The molecule has 2 rings (SSSR count). The van der Waals surface area contributed by atoms with Crippen molar-refractivity contribution in [2.45, 2.75) is 19.9 Å². The van der Waals surface area contributed by atoms with Gasteiger partial charge in [0.25, 0.3) is 0 Å². The summed E-state index contributed by atoms with van der Waals surface area (Å²) in [6.07, 6.45) is 1.10. The molecule has 0 bridgehead atoms. The van der Waals surface area contributed by atoms with Gasteiger partial charge in [-0.2, -0.15) is 0 Å². The second-order valence-corrected chi connectivity index (χ2v) is 5.66. The Hall–Kier alpha value is -1.65. The molecule has 0 aliphatic carbocycles. The average Bonchev–Trinajstić information content (AvgIpc) is 2.50. The van der Waals surface area contributed by atoms with Gasteiger partial charge >= 0.3 is 0 Å². The van der Waals surface area contributed by atoms with E-state index >= 15 is 0 Å². The number of fused-ring (bicyclic) bond motifs is 1. The molecular formula is C17H26N4. The zero-order valence-corrected chi connectivity index (χ0v) is 13.3. The summed E-state index contributed by atoms with van der Waals surface area (Å²) < 4.78 is 0. The zero-order valence-electron chi connectivity index (χ0n) is 13.3. The number of pyridine rings is 1. The van der Waals surface area contributed by atoms with Crippen LogP contribution in [0.3, 0.4) is 0 Å². The van der Waals surface area contributed by atoms with Gasteiger partial charge < -0.3 is 15.5 Å². The molecule has 0 aliphatic rings. The molecule has 0 unspecified atom stereocenters. The van der Waals surface area contributed by atoms with Gasteiger partial charge in [0.05, 0.1) is 5.52 Å². The number of rotatable bonds is 7. The highest BCUT2D eigenvalue weighted by Crippen LogP contribution is 2.23. The van der Waals surface area contributed by atoms with Crippen LogP contribution in [0.5, 0.6) is 0 Å². The van der Waals surface area contributed by atoms with Gasteiger partial charge in [0.15, 0.2) is 0 Å². The fourth-order valence-electron chi connectivity index (χ4n) is 2.49. The van der Waals surface area contributed by atoms with Crippen LogP contribution < -0.4 is 10.6 Å². The minimum atomic E-state index is 0.523. The van der Waals surface area contributed by atoms with Crippen molar-refractivity contribution in [1.82, 2.24) is 9.88 Å². The maximum Gasteiger partial charge on any atom is 0.133 e. The number of likely N-dealkylation sites (N-methyl/N-ethyl adjacent to an activating group) is 1. The highest BCUT2D eigenvalue weighted by molar-refractivity contribution is 5.81. The molecule has 114 valence electrons. The van der Waals surface area contributed by atoms with Crippen LogP contribution in [0.15, 0.2) is 30.3 Å². The summed E-state index contributed by atoms with van der Waals surface area (Å²) in [7, 11) is 4.20. The smallest absolute Gasteiger partial charge is 0.133 e. The third-order valence-corrected chi connectivity index (χ3v) is 3.61. The van der Waals surface area contributed by atoms with Gasteiger partial charge in [0.1, 0.15) is 5.82 Å². The van der Waals surface area contributed by atoms with Crippen molar-refractivity contribution in [3.05, 3.63) is 35.9 Å². The SMILES string of the molecule is CCCN(CCN(C)C)c1nc2ccccc2cc1CN. The van der Waals surface area contributed by atoms with Gasteiger partial charge in [-0.15, -0.1) is 0 Å². The lowest BCUT2D eigenvalue weighted by Gasteiger charge is -2.27. The first-order chi connectivity index (χ1) is 10.2. The van der Waals surface area contributed by atoms with E-state index in [1.54, 1.807) is 0 Å². The Morgan fingerprint density at radius 3 is 2.52 bits per heavy atom. The van der Waals surface area contributed by atoms with E-state index in [-0.39, 0.29) is 0 Å². The van der Waals surface area contributed by atoms with Crippen molar-refractivity contribution in [3.63, 3.8) is 0 Å². The van der Waals surface area contributed by atoms with Crippen LogP contribution in [-0.4, -0.2) is 43.6 Å². The lowest BCUT2D eigenvalue weighted by molar-refractivity contribution is 0.412. The Bertz CT molecular complexity index is 580. The van der Waals surface area contributed by atoms with Crippen molar-refractivity contribution in [2.75, 3.05) is 38.6 Å². The Morgan fingerprint density at radius 1 is 1.10 bits per heavy atom. The highest BCUT2D eigenvalue weighted by Gasteiger charge is 2.13. The molecule has 21 heavy (non-hydrogen) atoms. The number of anilines is 1. The minimum Gasteiger partial charge on any atom is -0.355 e. The second-order valence-electron chi connectivity index (χ2n) is 5.66. The van der Waals surface area contributed by atoms with Gasteiger partial charge in [-0.25, -0.2) is 4.98 Å². The predicted octanol–water partition coefficient (Wildman–Crippen LogP) is 2.47. The van der Waals surface area contributed by atoms with E-state index in [1.165, 1.54) is 0 Å². The summed E-state index contributed by atoms with van der Waals surface area (Å²) in [5.41, 5.74) is 8.12. The molecule has 0 saturated carbocycles. The minimum absolute atomic E-state index is 0.523. The lowest BCUT2D eigenvalue weighted by Crippen LogP contribution is -2.33. The fourth-order valence-corrected chi connectivity index (χ4v) is 2.49. The predicted molar refractivity (Wildman–Crippen MR) is 90.7 cm³/mol. The van der Waals surface area contributed by atoms with Gasteiger partial charge in [-0.3, -0.25) is 0 Å². The van der Waals surface area contributed by atoms with Crippen LogP contribution in [0.1, 0.15) is 18.9 Å². The van der Waals surface area contributed by atoms with E-state index in [9.17, 15) is 0 Å². The van der Waals surface area contributed by atoms with Crippen LogP contribution in [-0.2, 0) is 6.54 Å². The molecule has 0 fully saturated rings. The van der Waals surface area contributed by atoms with Crippen LogP contribution in [0.2, 0.25) is 0 Å². The Kier molecular flexibility index (Phi) is 5.53. The summed E-state index contributed by atoms with van der Waals surface area (Å²) in [6.45, 7) is 5.71. The van der Waals surface area contributed by atoms with E-state index in [4.69, 9.17) is 10.7 Å². The molecule has 1 aromatic heterocycles. The van der Waals surface area contributed by atoms with E-state index in [0.29, 0.717) is 6.54 Å². The molecule has 0 atom stereocenters. The van der Waals surface area contributed by atoms with E-state index in [0.717, 1.165) is 48.3 Å². The maximum atomic E-state index is 5.95. The van der Waals surface area contributed by atoms with E-state index in [1.807, 2.05) is 12.1 Å². The standard InChI is InChI=1S/C17H26N4/c1-4-9-21(11-10-20(2)3)17-15(13-18)12-14-7-5-6-8-16(14)19-17/h5-8,12H,4,9-11,13,18H2,1-3H3. The molecule has 0 spiro atoms. The normalized spacial score (nSPS) is 11.3. The molecule has 2 aromatic rings. The number of benzene rings is 1. The van der Waals surface area contributed by atoms with Gasteiger partial charge in [0, 0.05) is 37.1 Å². The second kappa shape index (κ2) is 7.38. The highest BCUT2D eigenvalue weighted by atomic mass is 15.2. The summed E-state index contributed by atoms with van der Waals surface area (Å²) in [5, 5.41) is 1.16. The van der Waals surface area contributed by atoms with Gasteiger partial charge in [-0.05, 0) is 32.6 Å². The zero-order chi connectivity index (χ0) is 15.2. The van der Waals surface area contributed by atoms with Gasteiger partial charge in [0.2, 0.25) is 0 Å². The molecule has 0 aliphatic heterocycles. The quantitative estimate of drug-likeness (QED) is 0.849. The number of hydrogen-bond acceptors (Lipinski definition) is 4. The topological polar surface area (TPSA) is 45.4 Å². The molecule has 0 amide bonds.